The molecule has 0 aliphatic carbocycles. The van der Waals surface area contributed by atoms with E-state index in [1.54, 1.807) is 11.4 Å². The summed E-state index contributed by atoms with van der Waals surface area (Å²) in [5, 5.41) is 29.1. The summed E-state index contributed by atoms with van der Waals surface area (Å²) >= 11 is 1.13. The number of aliphatic hydroxyl groups is 2. The van der Waals surface area contributed by atoms with Crippen LogP contribution in [0.3, 0.4) is 0 Å². The molecule has 1 atom stereocenters. The van der Waals surface area contributed by atoms with Gasteiger partial charge in [0, 0.05) is 35.1 Å². The highest BCUT2D eigenvalue weighted by atomic mass is 32.2. The van der Waals surface area contributed by atoms with Crippen molar-refractivity contribution in [2.75, 3.05) is 11.3 Å². The number of nitrogens with zero attached hydrogens (tertiary/aromatic N) is 2. The van der Waals surface area contributed by atoms with Crippen molar-refractivity contribution in [2.24, 2.45) is 0 Å². The number of hydrogen-bond donors (Lipinski definition) is 4. The van der Waals surface area contributed by atoms with Crippen LogP contribution >= 0.6 is 11.3 Å². The van der Waals surface area contributed by atoms with Gasteiger partial charge in [-0.05, 0) is 41.3 Å². The lowest BCUT2D eigenvalue weighted by Gasteiger charge is -2.17. The molecule has 2 heterocycles. The minimum absolute atomic E-state index is 0.0179. The second-order valence-electron chi connectivity index (χ2n) is 8.20. The fraction of sp³-hybridized carbons (Fsp3) is 0.208. The van der Waals surface area contributed by atoms with Gasteiger partial charge in [0.05, 0.1) is 28.9 Å². The Morgan fingerprint density at radius 3 is 2.24 bits per heavy atom. The Morgan fingerprint density at radius 1 is 1.00 bits per heavy atom. The van der Waals surface area contributed by atoms with E-state index in [1.807, 2.05) is 0 Å². The van der Waals surface area contributed by atoms with E-state index in [9.17, 15) is 45.0 Å². The molecule has 0 aliphatic rings. The van der Waals surface area contributed by atoms with Crippen LogP contribution in [-0.2, 0) is 27.4 Å². The van der Waals surface area contributed by atoms with Crippen LogP contribution in [0.25, 0.3) is 22.0 Å². The highest BCUT2D eigenvalue weighted by Gasteiger charge is 2.38. The zero-order valence-electron chi connectivity index (χ0n) is 20.3. The quantitative estimate of drug-likeness (QED) is 0.216. The van der Waals surface area contributed by atoms with E-state index in [0.717, 1.165) is 23.5 Å². The molecule has 4 aromatic rings. The van der Waals surface area contributed by atoms with Gasteiger partial charge in [0.25, 0.3) is 10.0 Å². The average molecular weight is 624 g/mol. The van der Waals surface area contributed by atoms with Gasteiger partial charge in [-0.15, -0.1) is 11.3 Å². The number of alkyl halides is 6. The average Bonchev–Trinajstić information content (AvgIpc) is 3.39. The number of halogens is 6. The first-order valence-electron chi connectivity index (χ1n) is 11.1. The van der Waals surface area contributed by atoms with Crippen LogP contribution in [0, 0.1) is 0 Å². The summed E-state index contributed by atoms with van der Waals surface area (Å²) < 4.78 is 99.4. The topological polar surface area (TPSA) is 150 Å². The standard InChI is InChI=1S/C22H18F3N3O4S2.C2HF3O2/c23-22(24,25)15-1-3-19(14(9-15)10-16(30)12-29)20-18-4-2-17(11-13(18)5-6-26-20)34(31,32)28-21-27-7-8-33-21;3-2(4,5)1(6)7/h1-9,11,16,29-30H,10,12H2,(H,27,28);(H,6,7). The maximum Gasteiger partial charge on any atom is 0.490 e. The molecule has 0 spiro atoms. The summed E-state index contributed by atoms with van der Waals surface area (Å²) in [6.45, 7) is -0.619. The van der Waals surface area contributed by atoms with Gasteiger partial charge in [0.2, 0.25) is 0 Å². The maximum atomic E-state index is 13.3. The van der Waals surface area contributed by atoms with Gasteiger partial charge in [0.1, 0.15) is 0 Å². The van der Waals surface area contributed by atoms with E-state index >= 15 is 0 Å². The lowest BCUT2D eigenvalue weighted by atomic mass is 9.94. The van der Waals surface area contributed by atoms with Crippen molar-refractivity contribution in [2.45, 2.75) is 29.8 Å². The lowest BCUT2D eigenvalue weighted by molar-refractivity contribution is -0.192. The number of aliphatic carboxylic acids is 1. The number of rotatable bonds is 7. The molecular weight excluding hydrogens is 604 g/mol. The fourth-order valence-electron chi connectivity index (χ4n) is 3.47. The molecule has 220 valence electrons. The first-order chi connectivity index (χ1) is 19.0. The summed E-state index contributed by atoms with van der Waals surface area (Å²) in [5.74, 6) is -2.76. The van der Waals surface area contributed by atoms with Crippen LogP contribution < -0.4 is 4.72 Å². The van der Waals surface area contributed by atoms with E-state index in [0.29, 0.717) is 22.0 Å². The minimum Gasteiger partial charge on any atom is -0.475 e. The number of fused-ring (bicyclic) bond motifs is 1. The molecule has 2 aromatic heterocycles. The van der Waals surface area contributed by atoms with Crippen molar-refractivity contribution in [3.8, 4) is 11.3 Å². The summed E-state index contributed by atoms with van der Waals surface area (Å²) in [7, 11) is -3.91. The van der Waals surface area contributed by atoms with E-state index in [2.05, 4.69) is 14.7 Å². The van der Waals surface area contributed by atoms with Crippen LogP contribution in [0.5, 0.6) is 0 Å². The second kappa shape index (κ2) is 12.4. The molecule has 9 nitrogen and oxygen atoms in total. The highest BCUT2D eigenvalue weighted by Crippen LogP contribution is 2.36. The van der Waals surface area contributed by atoms with E-state index in [-0.39, 0.29) is 22.0 Å². The molecule has 4 rings (SSSR count). The molecule has 4 N–H and O–H groups in total. The van der Waals surface area contributed by atoms with E-state index < -0.39 is 46.6 Å². The zero-order chi connectivity index (χ0) is 30.6. The summed E-state index contributed by atoms with van der Waals surface area (Å²) in [5.41, 5.74) is -0.0809. The van der Waals surface area contributed by atoms with Crippen LogP contribution in [-0.4, -0.2) is 58.6 Å². The normalized spacial score (nSPS) is 12.9. The number of hydrogen-bond acceptors (Lipinski definition) is 8. The third-order valence-electron chi connectivity index (χ3n) is 5.30. The zero-order valence-corrected chi connectivity index (χ0v) is 21.9. The second-order valence-corrected chi connectivity index (χ2v) is 10.8. The number of anilines is 1. The largest absolute Gasteiger partial charge is 0.490 e. The number of carbonyl (C=O) groups is 1. The van der Waals surface area contributed by atoms with Crippen LogP contribution in [0.4, 0.5) is 31.5 Å². The third kappa shape index (κ3) is 8.12. The monoisotopic (exact) mass is 623 g/mol. The van der Waals surface area contributed by atoms with Crippen molar-refractivity contribution >= 4 is 43.2 Å². The Labute approximate surface area is 231 Å². The van der Waals surface area contributed by atoms with Crippen molar-refractivity contribution in [1.82, 2.24) is 9.97 Å². The van der Waals surface area contributed by atoms with Crippen molar-refractivity contribution in [3.63, 3.8) is 0 Å². The van der Waals surface area contributed by atoms with Gasteiger partial charge in [-0.25, -0.2) is 18.2 Å². The number of nitrogens with one attached hydrogen (secondary N) is 1. The van der Waals surface area contributed by atoms with Crippen molar-refractivity contribution in [3.05, 3.63) is 71.4 Å². The van der Waals surface area contributed by atoms with Gasteiger partial charge < -0.3 is 15.3 Å². The maximum absolute atomic E-state index is 13.3. The molecule has 17 heteroatoms. The molecule has 1 unspecified atom stereocenters. The SMILES string of the molecule is O=C(O)C(F)(F)F.O=S(=O)(Nc1nccs1)c1ccc2c(-c3ccc(C(F)(F)F)cc3CC(O)CO)nccc2c1. The third-order valence-corrected chi connectivity index (χ3v) is 7.45. The molecule has 0 fully saturated rings. The molecule has 0 bridgehead atoms. The number of thiazole rings is 1. The Bertz CT molecular complexity index is 1630. The number of carboxylic acids is 1. The number of benzene rings is 2. The summed E-state index contributed by atoms with van der Waals surface area (Å²) in [6, 6.07) is 9.02. The number of carboxylic acid groups (broad SMARTS) is 1. The van der Waals surface area contributed by atoms with Crippen LogP contribution in [0.1, 0.15) is 11.1 Å². The molecule has 0 saturated carbocycles. The Hall–Kier alpha value is -3.80. The van der Waals surface area contributed by atoms with Gasteiger partial charge in [-0.3, -0.25) is 9.71 Å². The van der Waals surface area contributed by atoms with Gasteiger partial charge >= 0.3 is 18.3 Å². The summed E-state index contributed by atoms with van der Waals surface area (Å²) in [4.78, 5) is 17.1. The van der Waals surface area contributed by atoms with Gasteiger partial charge in [-0.2, -0.15) is 26.3 Å². The van der Waals surface area contributed by atoms with Crippen molar-refractivity contribution in [1.29, 1.82) is 0 Å². The first-order valence-corrected chi connectivity index (χ1v) is 13.5. The summed E-state index contributed by atoms with van der Waals surface area (Å²) in [6.07, 6.45) is -8.26. The fourth-order valence-corrected chi connectivity index (χ4v) is 5.30. The van der Waals surface area contributed by atoms with Gasteiger partial charge in [-0.1, -0.05) is 12.1 Å². The predicted octanol–water partition coefficient (Wildman–Crippen LogP) is 4.71. The predicted molar refractivity (Wildman–Crippen MR) is 136 cm³/mol. The molecule has 0 aliphatic heterocycles. The van der Waals surface area contributed by atoms with E-state index in [4.69, 9.17) is 9.90 Å². The smallest absolute Gasteiger partial charge is 0.475 e. The number of pyridine rings is 1. The number of aromatic nitrogens is 2. The lowest BCUT2D eigenvalue weighted by Crippen LogP contribution is -2.21. The van der Waals surface area contributed by atoms with Crippen LogP contribution in [0.2, 0.25) is 0 Å². The molecule has 0 radical (unpaired) electrons. The molecule has 2 aromatic carbocycles. The van der Waals surface area contributed by atoms with Gasteiger partial charge in [0.15, 0.2) is 5.13 Å². The molecular formula is C24H19F6N3O6S2. The van der Waals surface area contributed by atoms with Crippen LogP contribution in [0.15, 0.2) is 65.1 Å². The van der Waals surface area contributed by atoms with E-state index in [1.165, 1.54) is 36.7 Å². The Kier molecular flexibility index (Phi) is 9.58. The molecule has 0 amide bonds. The molecule has 0 saturated heterocycles. The number of sulfonamides is 1. The highest BCUT2D eigenvalue weighted by molar-refractivity contribution is 7.93. The first kappa shape index (κ1) is 31.7. The Morgan fingerprint density at radius 2 is 1.68 bits per heavy atom. The molecule has 41 heavy (non-hydrogen) atoms. The number of aliphatic hydroxyl groups excluding tert-OH is 2. The Balaban J connectivity index is 0.000000587. The minimum atomic E-state index is -5.08. The van der Waals surface area contributed by atoms with Crippen molar-refractivity contribution < 1.29 is 54.9 Å².